The Morgan fingerprint density at radius 2 is 2.20 bits per heavy atom. The Kier molecular flexibility index (Phi) is 3.79. The number of aliphatic carboxylic acids is 1. The van der Waals surface area contributed by atoms with Crippen LogP contribution in [0.4, 0.5) is 0 Å². The smallest absolute Gasteiger partial charge is 0.312 e. The third kappa shape index (κ3) is 4.21. The van der Waals surface area contributed by atoms with Gasteiger partial charge in [0.25, 0.3) is 0 Å². The number of hydrogen-bond donors (Lipinski definition) is 2. The lowest BCUT2D eigenvalue weighted by Crippen LogP contribution is -2.25. The van der Waals surface area contributed by atoms with Gasteiger partial charge in [0.15, 0.2) is 0 Å². The van der Waals surface area contributed by atoms with Gasteiger partial charge in [-0.3, -0.25) is 14.6 Å². The summed E-state index contributed by atoms with van der Waals surface area (Å²) in [4.78, 5) is 25.4. The summed E-state index contributed by atoms with van der Waals surface area (Å²) in [5.74, 6) is -1.64. The van der Waals surface area contributed by atoms with E-state index in [2.05, 4.69) is 10.3 Å². The standard InChI is InChI=1S/C10H12N2O3/c1-7-3-2-4-8(12-7)6-11-9(13)5-10(14)15/h2-4H,5-6H2,1H3,(H,11,13)(H,14,15). The number of aromatic nitrogens is 1. The van der Waals surface area contributed by atoms with E-state index in [-0.39, 0.29) is 6.54 Å². The van der Waals surface area contributed by atoms with Crippen molar-refractivity contribution in [3.8, 4) is 0 Å². The van der Waals surface area contributed by atoms with E-state index in [0.717, 1.165) is 5.69 Å². The van der Waals surface area contributed by atoms with Gasteiger partial charge in [-0.2, -0.15) is 0 Å². The Bertz CT molecular complexity index is 377. The molecular weight excluding hydrogens is 196 g/mol. The van der Waals surface area contributed by atoms with Gasteiger partial charge in [0.1, 0.15) is 6.42 Å². The second-order valence-electron chi connectivity index (χ2n) is 3.12. The van der Waals surface area contributed by atoms with E-state index < -0.39 is 18.3 Å². The molecule has 0 saturated carbocycles. The van der Waals surface area contributed by atoms with Crippen molar-refractivity contribution in [3.63, 3.8) is 0 Å². The predicted molar refractivity (Wildman–Crippen MR) is 53.1 cm³/mol. The molecule has 1 rings (SSSR count). The Morgan fingerprint density at radius 1 is 1.47 bits per heavy atom. The predicted octanol–water partition coefficient (Wildman–Crippen LogP) is 0.481. The summed E-state index contributed by atoms with van der Waals surface area (Å²) in [6.07, 6.45) is -0.508. The van der Waals surface area contributed by atoms with Crippen LogP contribution >= 0.6 is 0 Å². The quantitative estimate of drug-likeness (QED) is 0.705. The van der Waals surface area contributed by atoms with Gasteiger partial charge >= 0.3 is 5.97 Å². The molecule has 2 N–H and O–H groups in total. The molecule has 0 bridgehead atoms. The third-order valence-electron chi connectivity index (χ3n) is 1.72. The number of carbonyl (C=O) groups excluding carboxylic acids is 1. The molecular formula is C10H12N2O3. The fraction of sp³-hybridized carbons (Fsp3) is 0.300. The van der Waals surface area contributed by atoms with Gasteiger partial charge in [0.05, 0.1) is 12.2 Å². The number of pyridine rings is 1. The molecule has 0 unspecified atom stereocenters. The molecule has 0 saturated heterocycles. The molecule has 1 aromatic rings. The van der Waals surface area contributed by atoms with Crippen LogP contribution in [0.15, 0.2) is 18.2 Å². The van der Waals surface area contributed by atoms with Crippen LogP contribution in [0, 0.1) is 6.92 Å². The molecule has 0 fully saturated rings. The molecule has 0 aliphatic heterocycles. The van der Waals surface area contributed by atoms with Crippen LogP contribution in [0.25, 0.3) is 0 Å². The lowest BCUT2D eigenvalue weighted by Gasteiger charge is -2.03. The Hall–Kier alpha value is -1.91. The minimum absolute atomic E-state index is 0.258. The summed E-state index contributed by atoms with van der Waals surface area (Å²) >= 11 is 0. The van der Waals surface area contributed by atoms with Crippen molar-refractivity contribution in [2.24, 2.45) is 0 Å². The van der Waals surface area contributed by atoms with Crippen molar-refractivity contribution >= 4 is 11.9 Å². The summed E-state index contributed by atoms with van der Waals surface area (Å²) in [7, 11) is 0. The van der Waals surface area contributed by atoms with Gasteiger partial charge in [-0.15, -0.1) is 0 Å². The highest BCUT2D eigenvalue weighted by molar-refractivity contribution is 5.93. The summed E-state index contributed by atoms with van der Waals surface area (Å²) < 4.78 is 0. The first kappa shape index (κ1) is 11.2. The molecule has 0 radical (unpaired) electrons. The maximum Gasteiger partial charge on any atom is 0.312 e. The second kappa shape index (κ2) is 5.09. The van der Waals surface area contributed by atoms with Gasteiger partial charge in [0.2, 0.25) is 5.91 Å². The van der Waals surface area contributed by atoms with Crippen molar-refractivity contribution in [2.75, 3.05) is 0 Å². The zero-order valence-corrected chi connectivity index (χ0v) is 8.36. The summed E-state index contributed by atoms with van der Waals surface area (Å²) in [6.45, 7) is 2.11. The van der Waals surface area contributed by atoms with Crippen molar-refractivity contribution in [1.82, 2.24) is 10.3 Å². The van der Waals surface area contributed by atoms with E-state index in [1.54, 1.807) is 6.07 Å². The van der Waals surface area contributed by atoms with E-state index >= 15 is 0 Å². The molecule has 0 spiro atoms. The molecule has 5 nitrogen and oxygen atoms in total. The minimum atomic E-state index is -1.13. The number of carbonyl (C=O) groups is 2. The van der Waals surface area contributed by atoms with E-state index in [4.69, 9.17) is 5.11 Å². The molecule has 0 aromatic carbocycles. The SMILES string of the molecule is Cc1cccc(CNC(=O)CC(=O)O)n1. The van der Waals surface area contributed by atoms with Gasteiger partial charge in [-0.1, -0.05) is 6.07 Å². The van der Waals surface area contributed by atoms with E-state index in [0.29, 0.717) is 5.69 Å². The number of carboxylic acid groups (broad SMARTS) is 1. The Labute approximate surface area is 87.1 Å². The summed E-state index contributed by atoms with van der Waals surface area (Å²) in [5, 5.41) is 10.8. The molecule has 1 amide bonds. The zero-order chi connectivity index (χ0) is 11.3. The Balaban J connectivity index is 2.43. The number of hydrogen-bond acceptors (Lipinski definition) is 3. The van der Waals surface area contributed by atoms with Crippen molar-refractivity contribution in [3.05, 3.63) is 29.6 Å². The van der Waals surface area contributed by atoms with Crippen LogP contribution in [0.3, 0.4) is 0 Å². The molecule has 15 heavy (non-hydrogen) atoms. The van der Waals surface area contributed by atoms with Gasteiger partial charge in [-0.25, -0.2) is 0 Å². The lowest BCUT2D eigenvalue weighted by atomic mass is 10.3. The van der Waals surface area contributed by atoms with E-state index in [9.17, 15) is 9.59 Å². The van der Waals surface area contributed by atoms with Crippen molar-refractivity contribution in [1.29, 1.82) is 0 Å². The number of nitrogens with one attached hydrogen (secondary N) is 1. The molecule has 5 heteroatoms. The number of aryl methyl sites for hydroxylation is 1. The third-order valence-corrected chi connectivity index (χ3v) is 1.72. The largest absolute Gasteiger partial charge is 0.481 e. The first-order valence-corrected chi connectivity index (χ1v) is 4.49. The Morgan fingerprint density at radius 3 is 2.80 bits per heavy atom. The molecule has 1 heterocycles. The first-order valence-electron chi connectivity index (χ1n) is 4.49. The minimum Gasteiger partial charge on any atom is -0.481 e. The summed E-state index contributed by atoms with van der Waals surface area (Å²) in [6, 6.07) is 5.46. The molecule has 1 aromatic heterocycles. The highest BCUT2D eigenvalue weighted by Crippen LogP contribution is 1.97. The molecule has 0 aliphatic rings. The number of amides is 1. The van der Waals surface area contributed by atoms with Crippen molar-refractivity contribution < 1.29 is 14.7 Å². The number of carboxylic acids is 1. The zero-order valence-electron chi connectivity index (χ0n) is 8.36. The van der Waals surface area contributed by atoms with Crippen LogP contribution in [-0.4, -0.2) is 22.0 Å². The van der Waals surface area contributed by atoms with Crippen LogP contribution in [0.2, 0.25) is 0 Å². The number of nitrogens with zero attached hydrogens (tertiary/aromatic N) is 1. The average molecular weight is 208 g/mol. The van der Waals surface area contributed by atoms with Crippen molar-refractivity contribution in [2.45, 2.75) is 19.9 Å². The molecule has 0 atom stereocenters. The second-order valence-corrected chi connectivity index (χ2v) is 3.12. The van der Waals surface area contributed by atoms with Gasteiger partial charge in [0, 0.05) is 5.69 Å². The first-order chi connectivity index (χ1) is 7.08. The topological polar surface area (TPSA) is 79.3 Å². The van der Waals surface area contributed by atoms with Crippen LogP contribution in [-0.2, 0) is 16.1 Å². The maximum atomic E-state index is 11.0. The molecule has 80 valence electrons. The van der Waals surface area contributed by atoms with E-state index in [1.807, 2.05) is 19.1 Å². The fourth-order valence-corrected chi connectivity index (χ4v) is 1.09. The molecule has 0 aliphatic carbocycles. The average Bonchev–Trinajstić information content (AvgIpc) is 2.14. The normalized spacial score (nSPS) is 9.67. The highest BCUT2D eigenvalue weighted by Gasteiger charge is 2.06. The van der Waals surface area contributed by atoms with Crippen LogP contribution < -0.4 is 5.32 Å². The summed E-state index contributed by atoms with van der Waals surface area (Å²) in [5.41, 5.74) is 1.58. The van der Waals surface area contributed by atoms with Crippen LogP contribution in [0.5, 0.6) is 0 Å². The maximum absolute atomic E-state index is 11.0. The van der Waals surface area contributed by atoms with Crippen LogP contribution in [0.1, 0.15) is 17.8 Å². The fourth-order valence-electron chi connectivity index (χ4n) is 1.09. The van der Waals surface area contributed by atoms with E-state index in [1.165, 1.54) is 0 Å². The monoisotopic (exact) mass is 208 g/mol. The van der Waals surface area contributed by atoms with Gasteiger partial charge in [-0.05, 0) is 19.1 Å². The highest BCUT2D eigenvalue weighted by atomic mass is 16.4. The van der Waals surface area contributed by atoms with Gasteiger partial charge < -0.3 is 10.4 Å². The lowest BCUT2D eigenvalue weighted by molar-refractivity contribution is -0.140. The number of rotatable bonds is 4.